The molecule has 1 aromatic heterocycles. The first kappa shape index (κ1) is 13.1. The number of nitrogens with two attached hydrogens (primary N) is 1. The van der Waals surface area contributed by atoms with Gasteiger partial charge < -0.3 is 15.4 Å². The lowest BCUT2D eigenvalue weighted by Gasteiger charge is -2.15. The molecule has 0 atom stereocenters. The highest BCUT2D eigenvalue weighted by Gasteiger charge is 2.16. The Labute approximate surface area is 110 Å². The minimum absolute atomic E-state index is 0.244. The van der Waals surface area contributed by atoms with Crippen molar-refractivity contribution in [1.82, 2.24) is 4.57 Å². The minimum atomic E-state index is -1.23. The Morgan fingerprint density at radius 2 is 2.11 bits per heavy atom. The lowest BCUT2D eigenvalue weighted by molar-refractivity contribution is 0.0694. The first-order valence-electron chi connectivity index (χ1n) is 6.06. The van der Waals surface area contributed by atoms with Gasteiger partial charge in [-0.1, -0.05) is 19.9 Å². The highest BCUT2D eigenvalue weighted by atomic mass is 16.4. The number of nitrogens with zero attached hydrogens (tertiary/aromatic N) is 1. The molecule has 0 spiro atoms. The van der Waals surface area contributed by atoms with Crippen LogP contribution in [0.1, 0.15) is 24.2 Å². The predicted octanol–water partition coefficient (Wildman–Crippen LogP) is 1.94. The number of hydrogen-bond acceptors (Lipinski definition) is 3. The van der Waals surface area contributed by atoms with E-state index in [9.17, 15) is 9.59 Å². The summed E-state index contributed by atoms with van der Waals surface area (Å²) in [5, 5.41) is 9.40. The summed E-state index contributed by atoms with van der Waals surface area (Å²) in [4.78, 5) is 23.3. The Balaban J connectivity index is 2.88. The van der Waals surface area contributed by atoms with Gasteiger partial charge in [-0.3, -0.25) is 4.79 Å². The number of aromatic nitrogens is 1. The van der Waals surface area contributed by atoms with Gasteiger partial charge in [-0.05, 0) is 18.1 Å². The summed E-state index contributed by atoms with van der Waals surface area (Å²) < 4.78 is 1.78. The van der Waals surface area contributed by atoms with Crippen molar-refractivity contribution in [3.8, 4) is 0 Å². The summed E-state index contributed by atoms with van der Waals surface area (Å²) in [7, 11) is 0. The molecule has 1 aromatic carbocycles. The van der Waals surface area contributed by atoms with Crippen LogP contribution in [-0.4, -0.2) is 15.6 Å². The summed E-state index contributed by atoms with van der Waals surface area (Å²) >= 11 is 0. The topological polar surface area (TPSA) is 85.3 Å². The minimum Gasteiger partial charge on any atom is -0.477 e. The van der Waals surface area contributed by atoms with E-state index >= 15 is 0 Å². The fourth-order valence-corrected chi connectivity index (χ4v) is 2.16. The Kier molecular flexibility index (Phi) is 3.29. The van der Waals surface area contributed by atoms with Gasteiger partial charge in [0.15, 0.2) is 0 Å². The average molecular weight is 260 g/mol. The fraction of sp³-hybridized carbons (Fsp3) is 0.286. The lowest BCUT2D eigenvalue weighted by Crippen LogP contribution is -2.20. The molecule has 2 rings (SSSR count). The standard InChI is InChI=1S/C14H16N2O3/c1-8(2)6-16-7-9(14(18)19)13(17)12-10(15)4-3-5-11(12)16/h3-5,7-8H,6,15H2,1-2H3,(H,18,19). The molecule has 0 saturated carbocycles. The van der Waals surface area contributed by atoms with Crippen molar-refractivity contribution in [3.05, 3.63) is 40.2 Å². The fourth-order valence-electron chi connectivity index (χ4n) is 2.16. The first-order valence-corrected chi connectivity index (χ1v) is 6.06. The van der Waals surface area contributed by atoms with Crippen molar-refractivity contribution in [1.29, 1.82) is 0 Å². The maximum absolute atomic E-state index is 12.2. The van der Waals surface area contributed by atoms with Crippen LogP contribution in [0.3, 0.4) is 0 Å². The monoisotopic (exact) mass is 260 g/mol. The quantitative estimate of drug-likeness (QED) is 0.826. The number of nitrogen functional groups attached to an aromatic ring is 1. The third-order valence-corrected chi connectivity index (χ3v) is 2.93. The van der Waals surface area contributed by atoms with E-state index in [1.165, 1.54) is 6.20 Å². The number of aromatic carboxylic acids is 1. The number of carboxylic acid groups (broad SMARTS) is 1. The Morgan fingerprint density at radius 1 is 1.42 bits per heavy atom. The second-order valence-electron chi connectivity index (χ2n) is 4.96. The van der Waals surface area contributed by atoms with Crippen molar-refractivity contribution in [2.24, 2.45) is 5.92 Å². The van der Waals surface area contributed by atoms with Crippen molar-refractivity contribution < 1.29 is 9.90 Å². The van der Waals surface area contributed by atoms with Crippen LogP contribution in [0.5, 0.6) is 0 Å². The zero-order valence-electron chi connectivity index (χ0n) is 10.9. The molecule has 0 amide bonds. The molecular formula is C14H16N2O3. The van der Waals surface area contributed by atoms with E-state index < -0.39 is 11.4 Å². The van der Waals surface area contributed by atoms with E-state index in [1.807, 2.05) is 13.8 Å². The van der Waals surface area contributed by atoms with E-state index in [1.54, 1.807) is 22.8 Å². The highest BCUT2D eigenvalue weighted by molar-refractivity contribution is 5.97. The first-order chi connectivity index (χ1) is 8.91. The van der Waals surface area contributed by atoms with Gasteiger partial charge >= 0.3 is 5.97 Å². The molecule has 2 aromatic rings. The summed E-state index contributed by atoms with van der Waals surface area (Å²) in [5.74, 6) is -0.901. The van der Waals surface area contributed by atoms with E-state index in [0.29, 0.717) is 23.7 Å². The zero-order valence-corrected chi connectivity index (χ0v) is 10.9. The third kappa shape index (κ3) is 2.31. The number of hydrogen-bond donors (Lipinski definition) is 2. The van der Waals surface area contributed by atoms with Crippen LogP contribution in [0, 0.1) is 5.92 Å². The van der Waals surface area contributed by atoms with Gasteiger partial charge in [0.2, 0.25) is 5.43 Å². The molecule has 0 aliphatic heterocycles. The molecule has 5 heteroatoms. The molecule has 0 radical (unpaired) electrons. The van der Waals surface area contributed by atoms with Crippen LogP contribution in [0.2, 0.25) is 0 Å². The van der Waals surface area contributed by atoms with E-state index in [0.717, 1.165) is 0 Å². The summed E-state index contributed by atoms with van der Waals surface area (Å²) in [5.41, 5.74) is 6.03. The smallest absolute Gasteiger partial charge is 0.341 e. The number of carbonyl (C=O) groups is 1. The Bertz CT molecular complexity index is 702. The molecule has 1 heterocycles. The number of pyridine rings is 1. The second kappa shape index (κ2) is 4.76. The maximum atomic E-state index is 12.2. The predicted molar refractivity (Wildman–Crippen MR) is 74.4 cm³/mol. The van der Waals surface area contributed by atoms with Gasteiger partial charge in [-0.15, -0.1) is 0 Å². The van der Waals surface area contributed by atoms with E-state index in [2.05, 4.69) is 0 Å². The van der Waals surface area contributed by atoms with Crippen LogP contribution < -0.4 is 11.2 Å². The number of carboxylic acids is 1. The van der Waals surface area contributed by atoms with Crippen LogP contribution in [0.25, 0.3) is 10.9 Å². The van der Waals surface area contributed by atoms with Gasteiger partial charge in [0.1, 0.15) is 5.56 Å². The molecule has 0 fully saturated rings. The van der Waals surface area contributed by atoms with Gasteiger partial charge in [-0.25, -0.2) is 4.79 Å². The van der Waals surface area contributed by atoms with Gasteiger partial charge in [0.25, 0.3) is 0 Å². The molecule has 0 saturated heterocycles. The molecule has 3 N–H and O–H groups in total. The third-order valence-electron chi connectivity index (χ3n) is 2.93. The number of fused-ring (bicyclic) bond motifs is 1. The molecule has 100 valence electrons. The normalized spacial score (nSPS) is 11.1. The second-order valence-corrected chi connectivity index (χ2v) is 4.96. The Hall–Kier alpha value is -2.30. The molecule has 0 aliphatic rings. The Morgan fingerprint density at radius 3 is 2.68 bits per heavy atom. The SMILES string of the molecule is CC(C)Cn1cc(C(=O)O)c(=O)c2c(N)cccc21. The molecule has 5 nitrogen and oxygen atoms in total. The largest absolute Gasteiger partial charge is 0.477 e. The molecule has 0 aliphatic carbocycles. The van der Waals surface area contributed by atoms with Gasteiger partial charge in [0.05, 0.1) is 10.9 Å². The van der Waals surface area contributed by atoms with Gasteiger partial charge in [-0.2, -0.15) is 0 Å². The van der Waals surface area contributed by atoms with E-state index in [-0.39, 0.29) is 10.9 Å². The van der Waals surface area contributed by atoms with Crippen LogP contribution >= 0.6 is 0 Å². The van der Waals surface area contributed by atoms with Crippen molar-refractivity contribution >= 4 is 22.6 Å². The van der Waals surface area contributed by atoms with Gasteiger partial charge in [0, 0.05) is 18.4 Å². The van der Waals surface area contributed by atoms with Crippen molar-refractivity contribution in [3.63, 3.8) is 0 Å². The van der Waals surface area contributed by atoms with Crippen LogP contribution in [0.4, 0.5) is 5.69 Å². The maximum Gasteiger partial charge on any atom is 0.341 e. The van der Waals surface area contributed by atoms with Crippen LogP contribution in [-0.2, 0) is 6.54 Å². The van der Waals surface area contributed by atoms with Crippen molar-refractivity contribution in [2.45, 2.75) is 20.4 Å². The zero-order chi connectivity index (χ0) is 14.2. The number of anilines is 1. The lowest BCUT2D eigenvalue weighted by atomic mass is 10.1. The number of benzene rings is 1. The summed E-state index contributed by atoms with van der Waals surface area (Å²) in [6.07, 6.45) is 1.40. The molecule has 0 bridgehead atoms. The average Bonchev–Trinajstić information content (AvgIpc) is 2.31. The summed E-state index contributed by atoms with van der Waals surface area (Å²) in [6.45, 7) is 4.67. The van der Waals surface area contributed by atoms with Crippen molar-refractivity contribution in [2.75, 3.05) is 5.73 Å². The van der Waals surface area contributed by atoms with E-state index in [4.69, 9.17) is 10.8 Å². The highest BCUT2D eigenvalue weighted by Crippen LogP contribution is 2.19. The molecule has 0 unspecified atom stereocenters. The number of rotatable bonds is 3. The van der Waals surface area contributed by atoms with Crippen LogP contribution in [0.15, 0.2) is 29.2 Å². The summed E-state index contributed by atoms with van der Waals surface area (Å²) in [6, 6.07) is 5.14. The molecule has 19 heavy (non-hydrogen) atoms. The molecular weight excluding hydrogens is 244 g/mol.